The second kappa shape index (κ2) is 10.6. The van der Waals surface area contributed by atoms with Gasteiger partial charge in [-0.25, -0.2) is 0 Å². The Morgan fingerprint density at radius 2 is 1.59 bits per heavy atom. The van der Waals surface area contributed by atoms with Gasteiger partial charge in [0.05, 0.1) is 12.9 Å². The molecule has 0 bridgehead atoms. The van der Waals surface area contributed by atoms with E-state index in [1.54, 1.807) is 13.4 Å². The smallest absolute Gasteiger partial charge is 0.230 e. The van der Waals surface area contributed by atoms with Crippen molar-refractivity contribution in [1.82, 2.24) is 20.1 Å². The molecular formula is C25H24N4O2S. The zero-order valence-electron chi connectivity index (χ0n) is 17.7. The molecule has 0 atom stereocenters. The van der Waals surface area contributed by atoms with Gasteiger partial charge in [-0.2, -0.15) is 0 Å². The average molecular weight is 445 g/mol. The molecule has 1 aromatic heterocycles. The first kappa shape index (κ1) is 21.6. The number of ether oxygens (including phenoxy) is 1. The number of nitrogens with zero attached hydrogens (tertiary/aromatic N) is 3. The number of carbonyl (C=O) groups is 1. The third-order valence-corrected chi connectivity index (χ3v) is 6.05. The number of nitrogens with one attached hydrogen (secondary N) is 1. The molecule has 0 spiro atoms. The van der Waals surface area contributed by atoms with Crippen LogP contribution in [0.3, 0.4) is 0 Å². The van der Waals surface area contributed by atoms with Crippen molar-refractivity contribution >= 4 is 17.7 Å². The third-order valence-electron chi connectivity index (χ3n) is 5.11. The lowest BCUT2D eigenvalue weighted by atomic mass is 9.91. The first-order valence-corrected chi connectivity index (χ1v) is 11.3. The lowest BCUT2D eigenvalue weighted by Gasteiger charge is -2.19. The van der Waals surface area contributed by atoms with E-state index in [1.165, 1.54) is 22.9 Å². The van der Waals surface area contributed by atoms with Crippen molar-refractivity contribution in [2.24, 2.45) is 0 Å². The van der Waals surface area contributed by atoms with Crippen molar-refractivity contribution < 1.29 is 9.53 Å². The van der Waals surface area contributed by atoms with Crippen LogP contribution in [0.5, 0.6) is 5.75 Å². The van der Waals surface area contributed by atoms with E-state index in [0.717, 1.165) is 11.4 Å². The van der Waals surface area contributed by atoms with Gasteiger partial charge < -0.3 is 10.1 Å². The van der Waals surface area contributed by atoms with Crippen molar-refractivity contribution in [2.75, 3.05) is 19.4 Å². The zero-order valence-corrected chi connectivity index (χ0v) is 18.5. The van der Waals surface area contributed by atoms with Gasteiger partial charge in [-0.15, -0.1) is 10.2 Å². The second-order valence-corrected chi connectivity index (χ2v) is 8.09. The normalized spacial score (nSPS) is 10.8. The molecule has 0 aliphatic heterocycles. The van der Waals surface area contributed by atoms with E-state index in [1.807, 2.05) is 65.2 Å². The largest absolute Gasteiger partial charge is 0.497 e. The molecule has 3 aromatic carbocycles. The topological polar surface area (TPSA) is 69.0 Å². The van der Waals surface area contributed by atoms with E-state index in [0.29, 0.717) is 11.7 Å². The summed E-state index contributed by atoms with van der Waals surface area (Å²) in [7, 11) is 1.63. The molecule has 0 aliphatic carbocycles. The zero-order chi connectivity index (χ0) is 22.2. The van der Waals surface area contributed by atoms with Gasteiger partial charge in [0.15, 0.2) is 5.16 Å². The van der Waals surface area contributed by atoms with Crippen LogP contribution in [0.15, 0.2) is 96.4 Å². The van der Waals surface area contributed by atoms with Crippen LogP contribution >= 0.6 is 11.8 Å². The molecule has 1 heterocycles. The van der Waals surface area contributed by atoms with Crippen molar-refractivity contribution in [1.29, 1.82) is 0 Å². The molecule has 7 heteroatoms. The third kappa shape index (κ3) is 5.36. The maximum Gasteiger partial charge on any atom is 0.230 e. The summed E-state index contributed by atoms with van der Waals surface area (Å²) in [6, 6.07) is 28.1. The summed E-state index contributed by atoms with van der Waals surface area (Å²) in [5, 5.41) is 11.9. The molecule has 1 N–H and O–H groups in total. The Bertz CT molecular complexity index is 1090. The summed E-state index contributed by atoms with van der Waals surface area (Å²) in [6.45, 7) is 0.526. The number of carbonyl (C=O) groups excluding carboxylic acids is 1. The molecule has 0 aliphatic rings. The van der Waals surface area contributed by atoms with Crippen LogP contribution in [0.4, 0.5) is 0 Å². The molecule has 0 unspecified atom stereocenters. The summed E-state index contributed by atoms with van der Waals surface area (Å²) in [5.41, 5.74) is 3.25. The van der Waals surface area contributed by atoms with Crippen molar-refractivity contribution in [3.8, 4) is 11.4 Å². The minimum absolute atomic E-state index is 0.0452. The lowest BCUT2D eigenvalue weighted by molar-refractivity contribution is -0.118. The maximum atomic E-state index is 12.6. The van der Waals surface area contributed by atoms with E-state index < -0.39 is 0 Å². The molecule has 32 heavy (non-hydrogen) atoms. The number of methoxy groups -OCH3 is 1. The van der Waals surface area contributed by atoms with Gasteiger partial charge in [0.2, 0.25) is 5.91 Å². The van der Waals surface area contributed by atoms with Gasteiger partial charge >= 0.3 is 0 Å². The van der Waals surface area contributed by atoms with Crippen LogP contribution in [-0.4, -0.2) is 40.1 Å². The summed E-state index contributed by atoms with van der Waals surface area (Å²) in [4.78, 5) is 12.6. The van der Waals surface area contributed by atoms with Crippen LogP contribution in [0.1, 0.15) is 17.0 Å². The Kier molecular flexibility index (Phi) is 7.19. The molecule has 0 saturated carbocycles. The first-order chi connectivity index (χ1) is 15.7. The summed E-state index contributed by atoms with van der Waals surface area (Å²) >= 11 is 1.36. The highest BCUT2D eigenvalue weighted by Gasteiger charge is 2.16. The minimum Gasteiger partial charge on any atom is -0.497 e. The predicted octanol–water partition coefficient (Wildman–Crippen LogP) is 4.32. The van der Waals surface area contributed by atoms with Gasteiger partial charge in [-0.05, 0) is 35.4 Å². The number of thioether (sulfide) groups is 1. The SMILES string of the molecule is COc1ccc(-n2cnnc2SCC(=O)NCC(c2ccccc2)c2ccccc2)cc1. The monoisotopic (exact) mass is 444 g/mol. The fourth-order valence-electron chi connectivity index (χ4n) is 3.44. The molecule has 6 nitrogen and oxygen atoms in total. The van der Waals surface area contributed by atoms with Gasteiger partial charge in [0.1, 0.15) is 12.1 Å². The number of benzene rings is 3. The Balaban J connectivity index is 1.38. The number of hydrogen-bond acceptors (Lipinski definition) is 5. The number of rotatable bonds is 9. The average Bonchev–Trinajstić information content (AvgIpc) is 3.33. The molecule has 4 rings (SSSR count). The van der Waals surface area contributed by atoms with E-state index in [-0.39, 0.29) is 17.6 Å². The molecule has 1 amide bonds. The van der Waals surface area contributed by atoms with E-state index in [4.69, 9.17) is 4.74 Å². The molecular weight excluding hydrogens is 420 g/mol. The molecule has 162 valence electrons. The van der Waals surface area contributed by atoms with Crippen LogP contribution in [0.25, 0.3) is 5.69 Å². The second-order valence-electron chi connectivity index (χ2n) is 7.15. The maximum absolute atomic E-state index is 12.6. The van der Waals surface area contributed by atoms with E-state index in [2.05, 4.69) is 39.8 Å². The van der Waals surface area contributed by atoms with E-state index >= 15 is 0 Å². The quantitative estimate of drug-likeness (QED) is 0.390. The first-order valence-electron chi connectivity index (χ1n) is 10.3. The van der Waals surface area contributed by atoms with Crippen molar-refractivity contribution in [3.05, 3.63) is 102 Å². The molecule has 0 saturated heterocycles. The Labute approximate surface area is 191 Å². The number of amides is 1. The standard InChI is InChI=1S/C25H24N4O2S/c1-31-22-14-12-21(13-15-22)29-18-27-28-25(29)32-17-24(30)26-16-23(19-8-4-2-5-9-19)20-10-6-3-7-11-20/h2-15,18,23H,16-17H2,1H3,(H,26,30). The van der Waals surface area contributed by atoms with Crippen LogP contribution in [0, 0.1) is 0 Å². The van der Waals surface area contributed by atoms with Gasteiger partial charge in [0.25, 0.3) is 0 Å². The highest BCUT2D eigenvalue weighted by molar-refractivity contribution is 7.99. The Hall–Kier alpha value is -3.58. The number of aromatic nitrogens is 3. The van der Waals surface area contributed by atoms with E-state index in [9.17, 15) is 4.79 Å². The van der Waals surface area contributed by atoms with Gasteiger partial charge in [-0.1, -0.05) is 72.4 Å². The lowest BCUT2D eigenvalue weighted by Crippen LogP contribution is -2.30. The van der Waals surface area contributed by atoms with Crippen LogP contribution in [-0.2, 0) is 4.79 Å². The molecule has 0 fully saturated rings. The highest BCUT2D eigenvalue weighted by atomic mass is 32.2. The Morgan fingerprint density at radius 1 is 0.969 bits per heavy atom. The molecule has 0 radical (unpaired) electrons. The summed E-state index contributed by atoms with van der Waals surface area (Å²) < 4.78 is 7.06. The number of hydrogen-bond donors (Lipinski definition) is 1. The van der Waals surface area contributed by atoms with Crippen LogP contribution < -0.4 is 10.1 Å². The van der Waals surface area contributed by atoms with Crippen LogP contribution in [0.2, 0.25) is 0 Å². The summed E-state index contributed by atoms with van der Waals surface area (Å²) in [5.74, 6) is 1.08. The van der Waals surface area contributed by atoms with Crippen molar-refractivity contribution in [2.45, 2.75) is 11.1 Å². The molecule has 4 aromatic rings. The predicted molar refractivity (Wildman–Crippen MR) is 126 cm³/mol. The Morgan fingerprint density at radius 3 is 2.19 bits per heavy atom. The fourth-order valence-corrected chi connectivity index (χ4v) is 4.20. The highest BCUT2D eigenvalue weighted by Crippen LogP contribution is 2.24. The van der Waals surface area contributed by atoms with Crippen molar-refractivity contribution in [3.63, 3.8) is 0 Å². The van der Waals surface area contributed by atoms with Gasteiger partial charge in [0, 0.05) is 18.2 Å². The summed E-state index contributed by atoms with van der Waals surface area (Å²) in [6.07, 6.45) is 1.64. The fraction of sp³-hybridized carbons (Fsp3) is 0.160. The minimum atomic E-state index is -0.0452. The van der Waals surface area contributed by atoms with Gasteiger partial charge in [-0.3, -0.25) is 9.36 Å².